The van der Waals surface area contributed by atoms with Crippen molar-refractivity contribution in [2.45, 2.75) is 46.6 Å². The number of β-amino-alcohol motifs (C(OH)–C–C–N with tert-alkyl or cyclic N) is 1. The molecule has 0 radical (unpaired) electrons. The second-order valence-corrected chi connectivity index (χ2v) is 3.57. The Morgan fingerprint density at radius 3 is 2.24 bits per heavy atom. The lowest BCUT2D eigenvalue weighted by Crippen LogP contribution is -2.33. The minimum Gasteiger partial charge on any atom is -0.388 e. The zero-order valence-corrected chi connectivity index (χ0v) is 12.2. The average Bonchev–Trinajstić information content (AvgIpc) is 2.71. The summed E-state index contributed by atoms with van der Waals surface area (Å²) in [7, 11) is 1.75. The van der Waals surface area contributed by atoms with Gasteiger partial charge in [-0.2, -0.15) is 5.10 Å². The lowest BCUT2D eigenvalue weighted by atomic mass is 10.1. The number of likely N-dealkylation sites (tertiary alicyclic amines) is 1. The van der Waals surface area contributed by atoms with Crippen LogP contribution in [0.25, 0.3) is 0 Å². The van der Waals surface area contributed by atoms with Crippen LogP contribution in [0.15, 0.2) is 17.8 Å². The zero-order valence-electron chi connectivity index (χ0n) is 12.2. The number of nitrogens with one attached hydrogen (secondary N) is 1. The Labute approximate surface area is 106 Å². The van der Waals surface area contributed by atoms with E-state index in [-0.39, 0.29) is 0 Å². The van der Waals surface area contributed by atoms with Crippen LogP contribution in [0.5, 0.6) is 0 Å². The zero-order chi connectivity index (χ0) is 13.9. The standard InChI is InChI=1S/C9H17N3O.2C2H6/c1-4-8(11-10-3)12-6-5-9(2,13)7-12;2*1-2/h4,10,13H,1,5-7H2,2-3H3;2*1-2H3/b11-8+;;. The van der Waals surface area contributed by atoms with Crippen molar-refractivity contribution in [1.82, 2.24) is 10.3 Å². The molecule has 0 amide bonds. The van der Waals surface area contributed by atoms with E-state index in [9.17, 15) is 5.11 Å². The van der Waals surface area contributed by atoms with Gasteiger partial charge in [-0.25, -0.2) is 0 Å². The molecule has 0 aromatic heterocycles. The fourth-order valence-corrected chi connectivity index (χ4v) is 1.50. The molecule has 102 valence electrons. The third-order valence-corrected chi connectivity index (χ3v) is 2.18. The van der Waals surface area contributed by atoms with Gasteiger partial charge in [0.1, 0.15) is 5.84 Å². The van der Waals surface area contributed by atoms with Gasteiger partial charge in [-0.15, -0.1) is 0 Å². The largest absolute Gasteiger partial charge is 0.388 e. The first kappa shape index (κ1) is 18.3. The fraction of sp³-hybridized carbons (Fsp3) is 0.769. The van der Waals surface area contributed by atoms with Crippen molar-refractivity contribution in [2.75, 3.05) is 20.1 Å². The smallest absolute Gasteiger partial charge is 0.147 e. The minimum atomic E-state index is -0.586. The van der Waals surface area contributed by atoms with Crippen molar-refractivity contribution < 1.29 is 5.11 Å². The second kappa shape index (κ2) is 10.1. The van der Waals surface area contributed by atoms with E-state index in [1.807, 2.05) is 39.5 Å². The van der Waals surface area contributed by atoms with E-state index in [1.165, 1.54) is 0 Å². The van der Waals surface area contributed by atoms with Gasteiger partial charge in [0, 0.05) is 20.1 Å². The molecule has 1 atom stereocenters. The molecule has 2 N–H and O–H groups in total. The molecule has 1 saturated heterocycles. The van der Waals surface area contributed by atoms with Crippen molar-refractivity contribution in [3.8, 4) is 0 Å². The quantitative estimate of drug-likeness (QED) is 0.444. The molecule has 1 fully saturated rings. The first-order valence-corrected chi connectivity index (χ1v) is 6.43. The van der Waals surface area contributed by atoms with E-state index < -0.39 is 5.60 Å². The maximum Gasteiger partial charge on any atom is 0.147 e. The Morgan fingerprint density at radius 2 is 1.94 bits per heavy atom. The predicted octanol–water partition coefficient (Wildman–Crippen LogP) is 2.21. The number of hydrogen-bond donors (Lipinski definition) is 2. The molecular formula is C13H29N3O. The molecule has 0 spiro atoms. The van der Waals surface area contributed by atoms with Crippen molar-refractivity contribution >= 4 is 5.84 Å². The Kier molecular flexibility index (Phi) is 10.9. The van der Waals surface area contributed by atoms with Crippen LogP contribution in [-0.4, -0.2) is 41.6 Å². The molecule has 1 aliphatic heterocycles. The van der Waals surface area contributed by atoms with Crippen LogP contribution in [0.3, 0.4) is 0 Å². The van der Waals surface area contributed by atoms with Crippen molar-refractivity contribution in [1.29, 1.82) is 0 Å². The summed E-state index contributed by atoms with van der Waals surface area (Å²) in [5.74, 6) is 0.792. The molecular weight excluding hydrogens is 214 g/mol. The highest BCUT2D eigenvalue weighted by atomic mass is 16.3. The summed E-state index contributed by atoms with van der Waals surface area (Å²) in [5.41, 5.74) is 2.13. The van der Waals surface area contributed by atoms with Gasteiger partial charge in [-0.05, 0) is 19.4 Å². The third-order valence-electron chi connectivity index (χ3n) is 2.18. The summed E-state index contributed by atoms with van der Waals surface area (Å²) < 4.78 is 0. The minimum absolute atomic E-state index is 0.586. The summed E-state index contributed by atoms with van der Waals surface area (Å²) >= 11 is 0. The van der Waals surface area contributed by atoms with Crippen molar-refractivity contribution in [3.63, 3.8) is 0 Å². The van der Waals surface area contributed by atoms with E-state index in [2.05, 4.69) is 17.1 Å². The number of hydrogen-bond acceptors (Lipinski definition) is 3. The van der Waals surface area contributed by atoms with Crippen molar-refractivity contribution in [3.05, 3.63) is 12.7 Å². The fourth-order valence-electron chi connectivity index (χ4n) is 1.50. The highest BCUT2D eigenvalue weighted by molar-refractivity contribution is 5.92. The van der Waals surface area contributed by atoms with E-state index in [1.54, 1.807) is 13.1 Å². The molecule has 0 saturated carbocycles. The molecule has 0 bridgehead atoms. The molecule has 4 nitrogen and oxygen atoms in total. The highest BCUT2D eigenvalue weighted by Crippen LogP contribution is 2.20. The summed E-state index contributed by atoms with van der Waals surface area (Å²) in [6, 6.07) is 0. The van der Waals surface area contributed by atoms with Crippen LogP contribution in [0, 0.1) is 0 Å². The summed E-state index contributed by atoms with van der Waals surface area (Å²) in [4.78, 5) is 2.02. The van der Waals surface area contributed by atoms with Crippen LogP contribution < -0.4 is 5.43 Å². The number of amidine groups is 1. The topological polar surface area (TPSA) is 47.9 Å². The van der Waals surface area contributed by atoms with Gasteiger partial charge < -0.3 is 15.4 Å². The molecule has 0 aliphatic carbocycles. The molecule has 1 unspecified atom stereocenters. The summed E-state index contributed by atoms with van der Waals surface area (Å²) in [5, 5.41) is 13.8. The summed E-state index contributed by atoms with van der Waals surface area (Å²) in [6.45, 7) is 15.0. The number of rotatable bonds is 2. The van der Waals surface area contributed by atoms with Crippen LogP contribution in [0.2, 0.25) is 0 Å². The maximum atomic E-state index is 9.73. The van der Waals surface area contributed by atoms with E-state index in [4.69, 9.17) is 0 Å². The second-order valence-electron chi connectivity index (χ2n) is 3.57. The SMILES string of the molecule is C=C/C(=N\NC)N1CCC(C)(O)C1.CC.CC. The van der Waals surface area contributed by atoms with Gasteiger partial charge >= 0.3 is 0 Å². The van der Waals surface area contributed by atoms with Crippen LogP contribution in [-0.2, 0) is 0 Å². The Hall–Kier alpha value is -1.03. The predicted molar refractivity (Wildman–Crippen MR) is 76.2 cm³/mol. The van der Waals surface area contributed by atoms with Crippen LogP contribution in [0.1, 0.15) is 41.0 Å². The van der Waals surface area contributed by atoms with E-state index in [0.29, 0.717) is 6.54 Å². The average molecular weight is 243 g/mol. The molecule has 1 rings (SSSR count). The number of nitrogens with zero attached hydrogens (tertiary/aromatic N) is 2. The van der Waals surface area contributed by atoms with E-state index in [0.717, 1.165) is 18.8 Å². The number of aliphatic hydroxyl groups is 1. The monoisotopic (exact) mass is 243 g/mol. The molecule has 17 heavy (non-hydrogen) atoms. The Bertz CT molecular complexity index is 225. The number of hydrazone groups is 1. The molecule has 1 heterocycles. The third kappa shape index (κ3) is 7.00. The van der Waals surface area contributed by atoms with E-state index >= 15 is 0 Å². The van der Waals surface area contributed by atoms with Crippen molar-refractivity contribution in [2.24, 2.45) is 5.10 Å². The lowest BCUT2D eigenvalue weighted by molar-refractivity contribution is 0.0754. The maximum absolute atomic E-state index is 9.73. The van der Waals surface area contributed by atoms with Gasteiger partial charge in [0.2, 0.25) is 0 Å². The van der Waals surface area contributed by atoms with Gasteiger partial charge in [0.05, 0.1) is 5.60 Å². The Balaban J connectivity index is 0. The summed E-state index contributed by atoms with van der Waals surface area (Å²) in [6.07, 6.45) is 2.47. The van der Waals surface area contributed by atoms with Gasteiger partial charge in [0.25, 0.3) is 0 Å². The Morgan fingerprint density at radius 1 is 1.41 bits per heavy atom. The first-order chi connectivity index (χ1) is 8.09. The van der Waals surface area contributed by atoms with Crippen LogP contribution in [0.4, 0.5) is 0 Å². The first-order valence-electron chi connectivity index (χ1n) is 6.43. The molecule has 0 aromatic carbocycles. The molecule has 0 aromatic rings. The van der Waals surface area contributed by atoms with Gasteiger partial charge in [-0.3, -0.25) is 0 Å². The highest BCUT2D eigenvalue weighted by Gasteiger charge is 2.32. The van der Waals surface area contributed by atoms with Gasteiger partial charge in [0.15, 0.2) is 0 Å². The molecule has 1 aliphatic rings. The van der Waals surface area contributed by atoms with Crippen LogP contribution >= 0.6 is 0 Å². The van der Waals surface area contributed by atoms with Gasteiger partial charge in [-0.1, -0.05) is 34.3 Å². The molecule has 4 heteroatoms. The normalized spacial score (nSPS) is 23.0. The lowest BCUT2D eigenvalue weighted by Gasteiger charge is -2.20.